The van der Waals surface area contributed by atoms with Gasteiger partial charge in [-0.1, -0.05) is 17.7 Å². The van der Waals surface area contributed by atoms with E-state index in [0.29, 0.717) is 11.3 Å². The molecular formula is C15H14ClFO. The van der Waals surface area contributed by atoms with Gasteiger partial charge in [-0.3, -0.25) is 0 Å². The molecule has 0 radical (unpaired) electrons. The van der Waals surface area contributed by atoms with Gasteiger partial charge in [0, 0.05) is 11.9 Å². The molecule has 0 aliphatic heterocycles. The standard InChI is InChI=1S/C15H14ClFO/c1-10-3-4-15(11(2)5-10)18-14-7-12(9-16)6-13(17)8-14/h3-8H,9H2,1-2H3. The minimum absolute atomic E-state index is 0.265. The van der Waals surface area contributed by atoms with Crippen LogP contribution in [-0.4, -0.2) is 0 Å². The third kappa shape index (κ3) is 3.02. The molecule has 0 spiro atoms. The van der Waals surface area contributed by atoms with Crippen LogP contribution in [0.3, 0.4) is 0 Å². The Labute approximate surface area is 111 Å². The maximum Gasteiger partial charge on any atom is 0.130 e. The molecule has 2 rings (SSSR count). The van der Waals surface area contributed by atoms with Gasteiger partial charge in [0.25, 0.3) is 0 Å². The number of hydrogen-bond donors (Lipinski definition) is 0. The van der Waals surface area contributed by atoms with Crippen LogP contribution in [0.25, 0.3) is 0 Å². The number of hydrogen-bond acceptors (Lipinski definition) is 1. The summed E-state index contributed by atoms with van der Waals surface area (Å²) in [5.74, 6) is 1.12. The van der Waals surface area contributed by atoms with Crippen molar-refractivity contribution in [2.45, 2.75) is 19.7 Å². The molecule has 0 bridgehead atoms. The highest BCUT2D eigenvalue weighted by molar-refractivity contribution is 6.17. The Balaban J connectivity index is 2.30. The fourth-order valence-corrected chi connectivity index (χ4v) is 1.95. The van der Waals surface area contributed by atoms with Crippen LogP contribution in [0, 0.1) is 19.7 Å². The van der Waals surface area contributed by atoms with E-state index in [2.05, 4.69) is 0 Å². The van der Waals surface area contributed by atoms with Crippen molar-refractivity contribution in [1.82, 2.24) is 0 Å². The Morgan fingerprint density at radius 2 is 1.89 bits per heavy atom. The number of alkyl halides is 1. The topological polar surface area (TPSA) is 9.23 Å². The molecule has 0 aromatic heterocycles. The second-order valence-electron chi connectivity index (χ2n) is 4.30. The van der Waals surface area contributed by atoms with Gasteiger partial charge in [0.05, 0.1) is 0 Å². The van der Waals surface area contributed by atoms with Crippen molar-refractivity contribution in [2.24, 2.45) is 0 Å². The zero-order chi connectivity index (χ0) is 13.1. The molecule has 18 heavy (non-hydrogen) atoms. The molecule has 0 saturated heterocycles. The Morgan fingerprint density at radius 1 is 1.11 bits per heavy atom. The maximum absolute atomic E-state index is 13.3. The van der Waals surface area contributed by atoms with E-state index >= 15 is 0 Å². The molecule has 0 N–H and O–H groups in total. The van der Waals surface area contributed by atoms with Crippen LogP contribution in [0.5, 0.6) is 11.5 Å². The Morgan fingerprint density at radius 3 is 2.56 bits per heavy atom. The monoisotopic (exact) mass is 264 g/mol. The molecule has 0 saturated carbocycles. The van der Waals surface area contributed by atoms with E-state index in [1.165, 1.54) is 17.7 Å². The van der Waals surface area contributed by atoms with E-state index in [1.54, 1.807) is 6.07 Å². The molecule has 2 aromatic rings. The van der Waals surface area contributed by atoms with E-state index in [9.17, 15) is 4.39 Å². The van der Waals surface area contributed by atoms with Crippen molar-refractivity contribution in [1.29, 1.82) is 0 Å². The van der Waals surface area contributed by atoms with Gasteiger partial charge in [-0.2, -0.15) is 0 Å². The van der Waals surface area contributed by atoms with Crippen molar-refractivity contribution >= 4 is 11.6 Å². The summed E-state index contributed by atoms with van der Waals surface area (Å²) in [4.78, 5) is 0. The van der Waals surface area contributed by atoms with Crippen LogP contribution in [-0.2, 0) is 5.88 Å². The van der Waals surface area contributed by atoms with Crippen LogP contribution < -0.4 is 4.74 Å². The third-order valence-electron chi connectivity index (χ3n) is 2.64. The first-order chi connectivity index (χ1) is 8.58. The SMILES string of the molecule is Cc1ccc(Oc2cc(F)cc(CCl)c2)c(C)c1. The Bertz CT molecular complexity index is 566. The first kappa shape index (κ1) is 12.9. The normalized spacial score (nSPS) is 10.4. The summed E-state index contributed by atoms with van der Waals surface area (Å²) >= 11 is 5.70. The summed E-state index contributed by atoms with van der Waals surface area (Å²) in [5, 5.41) is 0. The first-order valence-electron chi connectivity index (χ1n) is 5.69. The fourth-order valence-electron chi connectivity index (χ4n) is 1.80. The number of halogens is 2. The second kappa shape index (κ2) is 5.40. The molecule has 0 atom stereocenters. The smallest absolute Gasteiger partial charge is 0.130 e. The highest BCUT2D eigenvalue weighted by Gasteiger charge is 2.05. The Kier molecular flexibility index (Phi) is 3.87. The molecular weight excluding hydrogens is 251 g/mol. The molecule has 0 aliphatic rings. The van der Waals surface area contributed by atoms with Gasteiger partial charge in [0.15, 0.2) is 0 Å². The predicted octanol–water partition coefficient (Wildman–Crippen LogP) is 4.97. The van der Waals surface area contributed by atoms with E-state index in [-0.39, 0.29) is 11.7 Å². The van der Waals surface area contributed by atoms with Gasteiger partial charge in [0.2, 0.25) is 0 Å². The average molecular weight is 265 g/mol. The quantitative estimate of drug-likeness (QED) is 0.711. The van der Waals surface area contributed by atoms with Gasteiger partial charge in [-0.25, -0.2) is 4.39 Å². The van der Waals surface area contributed by atoms with Gasteiger partial charge >= 0.3 is 0 Å². The molecule has 3 heteroatoms. The van der Waals surface area contributed by atoms with Crippen molar-refractivity contribution in [2.75, 3.05) is 0 Å². The third-order valence-corrected chi connectivity index (χ3v) is 2.95. The van der Waals surface area contributed by atoms with Crippen LogP contribution in [0.1, 0.15) is 16.7 Å². The van der Waals surface area contributed by atoms with Crippen molar-refractivity contribution < 1.29 is 9.13 Å². The van der Waals surface area contributed by atoms with Gasteiger partial charge in [-0.15, -0.1) is 11.6 Å². The fraction of sp³-hybridized carbons (Fsp3) is 0.200. The summed E-state index contributed by atoms with van der Waals surface area (Å²) in [6.07, 6.45) is 0. The highest BCUT2D eigenvalue weighted by atomic mass is 35.5. The zero-order valence-corrected chi connectivity index (χ0v) is 11.1. The van der Waals surface area contributed by atoms with Crippen LogP contribution in [0.4, 0.5) is 4.39 Å². The lowest BCUT2D eigenvalue weighted by Crippen LogP contribution is -1.91. The maximum atomic E-state index is 13.3. The summed E-state index contributed by atoms with van der Waals surface area (Å²) in [5.41, 5.74) is 2.89. The summed E-state index contributed by atoms with van der Waals surface area (Å²) in [7, 11) is 0. The molecule has 2 aromatic carbocycles. The van der Waals surface area contributed by atoms with Crippen LogP contribution in [0.15, 0.2) is 36.4 Å². The minimum Gasteiger partial charge on any atom is -0.457 e. The van der Waals surface area contributed by atoms with E-state index < -0.39 is 0 Å². The molecule has 0 fully saturated rings. The molecule has 0 unspecified atom stereocenters. The van der Waals surface area contributed by atoms with Crippen LogP contribution in [0.2, 0.25) is 0 Å². The minimum atomic E-state index is -0.340. The Hall–Kier alpha value is -1.54. The number of ether oxygens (including phenoxy) is 1. The highest BCUT2D eigenvalue weighted by Crippen LogP contribution is 2.27. The van der Waals surface area contributed by atoms with Crippen LogP contribution >= 0.6 is 11.6 Å². The van der Waals surface area contributed by atoms with Gasteiger partial charge in [-0.05, 0) is 43.2 Å². The largest absolute Gasteiger partial charge is 0.457 e. The van der Waals surface area contributed by atoms with E-state index in [4.69, 9.17) is 16.3 Å². The van der Waals surface area contributed by atoms with Crippen molar-refractivity contribution in [3.8, 4) is 11.5 Å². The van der Waals surface area contributed by atoms with E-state index in [1.807, 2.05) is 32.0 Å². The molecule has 0 aliphatic carbocycles. The molecule has 1 nitrogen and oxygen atoms in total. The van der Waals surface area contributed by atoms with Gasteiger partial charge in [0.1, 0.15) is 17.3 Å². The lowest BCUT2D eigenvalue weighted by atomic mass is 10.1. The first-order valence-corrected chi connectivity index (χ1v) is 6.22. The predicted molar refractivity (Wildman–Crippen MR) is 71.9 cm³/mol. The van der Waals surface area contributed by atoms with Crippen molar-refractivity contribution in [3.05, 3.63) is 58.9 Å². The summed E-state index contributed by atoms with van der Waals surface area (Å²) in [6.45, 7) is 3.98. The lowest BCUT2D eigenvalue weighted by molar-refractivity contribution is 0.472. The van der Waals surface area contributed by atoms with E-state index in [0.717, 1.165) is 11.3 Å². The molecule has 0 heterocycles. The number of benzene rings is 2. The molecule has 0 amide bonds. The summed E-state index contributed by atoms with van der Waals surface area (Å²) < 4.78 is 19.0. The number of rotatable bonds is 3. The second-order valence-corrected chi connectivity index (χ2v) is 4.57. The lowest BCUT2D eigenvalue weighted by Gasteiger charge is -2.10. The average Bonchev–Trinajstić information content (AvgIpc) is 2.32. The van der Waals surface area contributed by atoms with Crippen molar-refractivity contribution in [3.63, 3.8) is 0 Å². The molecule has 94 valence electrons. The van der Waals surface area contributed by atoms with Gasteiger partial charge < -0.3 is 4.74 Å². The summed E-state index contributed by atoms with van der Waals surface area (Å²) in [6, 6.07) is 10.4. The number of aryl methyl sites for hydroxylation is 2. The zero-order valence-electron chi connectivity index (χ0n) is 10.3.